The number of thiol groups is 1. The van der Waals surface area contributed by atoms with E-state index >= 15 is 0 Å². The normalized spacial score (nSPS) is 12.3. The Balaban J connectivity index is 0.00000361. The van der Waals surface area contributed by atoms with Gasteiger partial charge in [-0.15, -0.1) is 0 Å². The van der Waals surface area contributed by atoms with Crippen molar-refractivity contribution in [1.82, 2.24) is 0 Å². The highest BCUT2D eigenvalue weighted by atomic mass is 35.5. The average Bonchev–Trinajstić information content (AvgIpc) is 2.25. The van der Waals surface area contributed by atoms with E-state index in [2.05, 4.69) is 12.6 Å². The minimum absolute atomic E-state index is 0. The van der Waals surface area contributed by atoms with Gasteiger partial charge in [-0.2, -0.15) is 12.6 Å². The number of rotatable bonds is 6. The summed E-state index contributed by atoms with van der Waals surface area (Å²) in [5, 5.41) is -2.02. The predicted molar refractivity (Wildman–Crippen MR) is 72.1 cm³/mol. The van der Waals surface area contributed by atoms with E-state index in [9.17, 15) is 9.13 Å². The summed E-state index contributed by atoms with van der Waals surface area (Å²) in [6.07, 6.45) is 1.27. The van der Waals surface area contributed by atoms with Crippen LogP contribution in [0.1, 0.15) is 5.69 Å². The topological polar surface area (TPSA) is 119 Å². The van der Waals surface area contributed by atoms with Crippen molar-refractivity contribution in [2.24, 2.45) is 0 Å². The van der Waals surface area contributed by atoms with Gasteiger partial charge in [-0.25, -0.2) is 4.57 Å². The largest absolute Gasteiger partial charge is 1.00 e. The molecular weight excluding hydrogens is 348 g/mol. The van der Waals surface area contributed by atoms with Gasteiger partial charge < -0.3 is 32.0 Å². The summed E-state index contributed by atoms with van der Waals surface area (Å²) in [7, 11) is -9.79. The van der Waals surface area contributed by atoms with Crippen LogP contribution >= 0.6 is 27.8 Å². The zero-order valence-corrected chi connectivity index (χ0v) is 13.7. The molecule has 1 aromatic heterocycles. The zero-order valence-electron chi connectivity index (χ0n) is 10.3. The second-order valence-electron chi connectivity index (χ2n) is 3.97. The van der Waals surface area contributed by atoms with Crippen LogP contribution in [0.4, 0.5) is 0 Å². The second-order valence-corrected chi connectivity index (χ2v) is 8.43. The van der Waals surface area contributed by atoms with Gasteiger partial charge in [-0.3, -0.25) is 9.13 Å². The van der Waals surface area contributed by atoms with Crippen LogP contribution in [0.5, 0.6) is 0 Å². The lowest BCUT2D eigenvalue weighted by molar-refractivity contribution is -0.699. The Morgan fingerprint density at radius 1 is 1.15 bits per heavy atom. The Hall–Kier alpha value is 0.0900. The summed E-state index contributed by atoms with van der Waals surface area (Å²) in [5.41, 5.74) is 0.438. The van der Waals surface area contributed by atoms with Gasteiger partial charge in [0.2, 0.25) is 0 Å². The lowest BCUT2D eigenvalue weighted by Crippen LogP contribution is -3.00. The van der Waals surface area contributed by atoms with Crippen LogP contribution in [-0.2, 0) is 22.1 Å². The maximum absolute atomic E-state index is 11.2. The van der Waals surface area contributed by atoms with Crippen molar-refractivity contribution >= 4 is 27.8 Å². The maximum atomic E-state index is 11.2. The van der Waals surface area contributed by atoms with Crippen LogP contribution in [0.25, 0.3) is 0 Å². The molecule has 116 valence electrons. The van der Waals surface area contributed by atoms with Gasteiger partial charge in [0.25, 0.3) is 0 Å². The first-order valence-corrected chi connectivity index (χ1v) is 9.34. The summed E-state index contributed by atoms with van der Waals surface area (Å²) in [5.74, 6) is 0.498. The minimum Gasteiger partial charge on any atom is -1.00 e. The molecule has 1 heterocycles. The molecule has 0 atom stereocenters. The minimum atomic E-state index is -4.90. The first kappa shape index (κ1) is 20.1. The number of halogens is 1. The molecule has 4 N–H and O–H groups in total. The molecule has 1 aromatic rings. The highest BCUT2D eigenvalue weighted by Gasteiger charge is 2.44. The zero-order chi connectivity index (χ0) is 14.7. The summed E-state index contributed by atoms with van der Waals surface area (Å²) in [4.78, 5) is 36.4. The summed E-state index contributed by atoms with van der Waals surface area (Å²) in [6.45, 7) is 0.480. The molecular formula is C9H16ClNO6P2S. The van der Waals surface area contributed by atoms with E-state index in [4.69, 9.17) is 19.6 Å². The maximum Gasteiger partial charge on any atom is 0.341 e. The molecule has 0 aliphatic rings. The second kappa shape index (κ2) is 7.92. The molecule has 0 saturated heterocycles. The first-order chi connectivity index (χ1) is 8.66. The third kappa shape index (κ3) is 5.84. The molecule has 1 rings (SSSR count). The molecule has 0 spiro atoms. The number of hydrogen-bond acceptors (Lipinski definition) is 3. The number of hydrogen-bond donors (Lipinski definition) is 5. The van der Waals surface area contributed by atoms with E-state index < -0.39 is 27.0 Å². The molecule has 0 aliphatic heterocycles. The molecule has 0 fully saturated rings. The fourth-order valence-corrected chi connectivity index (χ4v) is 4.28. The highest BCUT2D eigenvalue weighted by molar-refractivity contribution is 7.80. The molecule has 7 nitrogen and oxygen atoms in total. The standard InChI is InChI=1S/C9H15NO6P2S.ClH/c11-17(12,13)9(18(14,15)16)7-8-3-1-2-4-10(8)5-6-19;/h1-4,9H,5-7H2,(H4-,11,12,13,14,15,16,19);1H. The SMILES string of the molecule is O=P(O)(O)C(Cc1cccc[n+]1CCS)P(=O)(O)O.[Cl-]. The molecule has 0 aromatic carbocycles. The van der Waals surface area contributed by atoms with E-state index in [0.29, 0.717) is 18.0 Å². The van der Waals surface area contributed by atoms with Gasteiger partial charge in [0, 0.05) is 17.9 Å². The molecule has 0 unspecified atom stereocenters. The third-order valence-electron chi connectivity index (χ3n) is 2.54. The lowest BCUT2D eigenvalue weighted by Gasteiger charge is -2.18. The van der Waals surface area contributed by atoms with Crippen molar-refractivity contribution in [3.05, 3.63) is 30.1 Å². The molecule has 0 saturated carbocycles. The van der Waals surface area contributed by atoms with E-state index in [1.54, 1.807) is 29.0 Å². The summed E-state index contributed by atoms with van der Waals surface area (Å²) in [6, 6.07) is 4.93. The Kier molecular flexibility index (Phi) is 7.95. The van der Waals surface area contributed by atoms with Gasteiger partial charge >= 0.3 is 15.2 Å². The number of aromatic nitrogens is 1. The Morgan fingerprint density at radius 3 is 2.15 bits per heavy atom. The number of aryl methyl sites for hydroxylation is 1. The van der Waals surface area contributed by atoms with Crippen molar-refractivity contribution in [3.63, 3.8) is 0 Å². The van der Waals surface area contributed by atoms with Crippen LogP contribution in [0.15, 0.2) is 24.4 Å². The van der Waals surface area contributed by atoms with Crippen LogP contribution in [0, 0.1) is 0 Å². The third-order valence-corrected chi connectivity index (χ3v) is 6.47. The van der Waals surface area contributed by atoms with Crippen molar-refractivity contribution in [2.45, 2.75) is 18.4 Å². The van der Waals surface area contributed by atoms with Gasteiger partial charge in [-0.05, 0) is 0 Å². The van der Waals surface area contributed by atoms with Gasteiger partial charge in [0.1, 0.15) is 0 Å². The molecule has 0 radical (unpaired) electrons. The molecule has 0 bridgehead atoms. The van der Waals surface area contributed by atoms with E-state index in [1.807, 2.05) is 0 Å². The van der Waals surface area contributed by atoms with Crippen LogP contribution in [0.3, 0.4) is 0 Å². The number of nitrogens with zero attached hydrogens (tertiary/aromatic N) is 1. The van der Waals surface area contributed by atoms with E-state index in [-0.39, 0.29) is 12.4 Å². The van der Waals surface area contributed by atoms with Crippen molar-refractivity contribution in [3.8, 4) is 0 Å². The average molecular weight is 364 g/mol. The smallest absolute Gasteiger partial charge is 0.341 e. The van der Waals surface area contributed by atoms with Gasteiger partial charge in [0.05, 0.1) is 6.42 Å². The Morgan fingerprint density at radius 2 is 1.70 bits per heavy atom. The fourth-order valence-electron chi connectivity index (χ4n) is 1.64. The van der Waals surface area contributed by atoms with Crippen LogP contribution in [0.2, 0.25) is 0 Å². The van der Waals surface area contributed by atoms with Crippen molar-refractivity contribution in [1.29, 1.82) is 0 Å². The van der Waals surface area contributed by atoms with E-state index in [0.717, 1.165) is 0 Å². The Bertz CT molecular complexity index is 511. The summed E-state index contributed by atoms with van der Waals surface area (Å²) < 4.78 is 24.1. The molecule has 11 heteroatoms. The van der Waals surface area contributed by atoms with E-state index in [1.165, 1.54) is 0 Å². The monoisotopic (exact) mass is 363 g/mol. The van der Waals surface area contributed by atoms with Crippen LogP contribution in [-0.4, -0.2) is 30.7 Å². The quantitative estimate of drug-likeness (QED) is 0.211. The predicted octanol–water partition coefficient (Wildman–Crippen LogP) is -2.87. The molecule has 20 heavy (non-hydrogen) atoms. The highest BCUT2D eigenvalue weighted by Crippen LogP contribution is 2.60. The number of pyridine rings is 1. The Labute approximate surface area is 128 Å². The fraction of sp³-hybridized carbons (Fsp3) is 0.444. The molecule has 0 amide bonds. The lowest BCUT2D eigenvalue weighted by atomic mass is 10.3. The summed E-state index contributed by atoms with van der Waals surface area (Å²) >= 11 is 4.06. The van der Waals surface area contributed by atoms with Gasteiger partial charge in [0.15, 0.2) is 23.8 Å². The molecule has 0 aliphatic carbocycles. The van der Waals surface area contributed by atoms with Crippen molar-refractivity contribution < 1.29 is 45.7 Å². The van der Waals surface area contributed by atoms with Crippen LogP contribution < -0.4 is 17.0 Å². The van der Waals surface area contributed by atoms with Gasteiger partial charge in [-0.1, -0.05) is 6.07 Å². The first-order valence-electron chi connectivity index (χ1n) is 5.35. The van der Waals surface area contributed by atoms with Crippen molar-refractivity contribution in [2.75, 3.05) is 5.75 Å².